The minimum absolute atomic E-state index is 0.277. The summed E-state index contributed by atoms with van der Waals surface area (Å²) >= 11 is 12.2. The third-order valence-electron chi connectivity index (χ3n) is 4.74. The van der Waals surface area contributed by atoms with E-state index in [1.807, 2.05) is 0 Å². The van der Waals surface area contributed by atoms with Crippen molar-refractivity contribution in [1.82, 2.24) is 0 Å². The molecule has 0 bridgehead atoms. The Morgan fingerprint density at radius 2 is 2.17 bits per heavy atom. The lowest BCUT2D eigenvalue weighted by Crippen LogP contribution is -2.51. The molecule has 1 fully saturated rings. The van der Waals surface area contributed by atoms with Crippen LogP contribution in [-0.4, -0.2) is 23.3 Å². The van der Waals surface area contributed by atoms with Crippen LogP contribution >= 0.6 is 23.2 Å². The van der Waals surface area contributed by atoms with Gasteiger partial charge in [-0.25, -0.2) is 0 Å². The lowest BCUT2D eigenvalue weighted by molar-refractivity contribution is -0.171. The first-order chi connectivity index (χ1) is 10.9. The maximum Gasteiger partial charge on any atom is 0.315 e. The summed E-state index contributed by atoms with van der Waals surface area (Å²) < 4.78 is 5.30. The van der Waals surface area contributed by atoms with Gasteiger partial charge in [-0.3, -0.25) is 4.79 Å². The fraction of sp³-hybridized carbons (Fsp3) is 0.500. The molecule has 1 saturated carbocycles. The summed E-state index contributed by atoms with van der Waals surface area (Å²) in [5.41, 5.74) is -1.38. The van der Waals surface area contributed by atoms with Gasteiger partial charge in [0.1, 0.15) is 5.41 Å². The summed E-state index contributed by atoms with van der Waals surface area (Å²) in [6.07, 6.45) is 4.19. The molecular weight excluding hydrogens is 335 g/mol. The zero-order chi connectivity index (χ0) is 17.1. The number of benzene rings is 1. The van der Waals surface area contributed by atoms with Crippen LogP contribution in [0.1, 0.15) is 38.2 Å². The van der Waals surface area contributed by atoms with E-state index in [0.29, 0.717) is 35.7 Å². The molecule has 0 amide bonds. The third-order valence-corrected chi connectivity index (χ3v) is 5.33. The topological polar surface area (TPSA) is 46.5 Å². The molecule has 23 heavy (non-hydrogen) atoms. The summed E-state index contributed by atoms with van der Waals surface area (Å²) in [6.45, 7) is 5.76. The Hall–Kier alpha value is -1.03. The monoisotopic (exact) mass is 356 g/mol. The second-order valence-corrected chi connectivity index (χ2v) is 6.94. The van der Waals surface area contributed by atoms with Gasteiger partial charge in [0.2, 0.25) is 0 Å². The molecule has 0 aromatic heterocycles. The molecule has 1 aliphatic carbocycles. The Labute approximate surface area is 147 Å². The number of hydrogen-bond donors (Lipinski definition) is 1. The highest BCUT2D eigenvalue weighted by Crippen LogP contribution is 2.52. The highest BCUT2D eigenvalue weighted by molar-refractivity contribution is 6.35. The molecule has 0 heterocycles. The molecule has 1 aromatic rings. The van der Waals surface area contributed by atoms with Crippen molar-refractivity contribution >= 4 is 29.2 Å². The van der Waals surface area contributed by atoms with Crippen molar-refractivity contribution in [1.29, 1.82) is 0 Å². The molecule has 2 rings (SSSR count). The molecule has 1 N–H and O–H groups in total. The van der Waals surface area contributed by atoms with Gasteiger partial charge in [0.15, 0.2) is 0 Å². The van der Waals surface area contributed by atoms with Crippen molar-refractivity contribution in [3.05, 3.63) is 46.5 Å². The van der Waals surface area contributed by atoms with E-state index >= 15 is 0 Å². The van der Waals surface area contributed by atoms with Crippen molar-refractivity contribution in [3.8, 4) is 0 Å². The van der Waals surface area contributed by atoms with Crippen LogP contribution in [0.4, 0.5) is 0 Å². The highest BCUT2D eigenvalue weighted by Gasteiger charge is 2.59. The van der Waals surface area contributed by atoms with E-state index in [1.54, 1.807) is 31.2 Å². The smallest absolute Gasteiger partial charge is 0.315 e. The lowest BCUT2D eigenvalue weighted by atomic mass is 9.68. The van der Waals surface area contributed by atoms with Crippen molar-refractivity contribution in [2.24, 2.45) is 5.41 Å². The number of esters is 1. The van der Waals surface area contributed by atoms with Crippen molar-refractivity contribution < 1.29 is 14.6 Å². The SMILES string of the molecule is C=CC[C@@]1(O)CCC[C@@]1(Cc1ccc(Cl)cc1Cl)C(=O)OCC. The number of ether oxygens (including phenoxy) is 1. The van der Waals surface area contributed by atoms with Gasteiger partial charge in [-0.15, -0.1) is 6.58 Å². The Balaban J connectivity index is 2.45. The molecule has 5 heteroatoms. The Morgan fingerprint density at radius 1 is 1.43 bits per heavy atom. The van der Waals surface area contributed by atoms with E-state index < -0.39 is 11.0 Å². The van der Waals surface area contributed by atoms with E-state index in [4.69, 9.17) is 27.9 Å². The first-order valence-corrected chi connectivity index (χ1v) is 8.58. The molecule has 1 aliphatic rings. The number of halogens is 2. The summed E-state index contributed by atoms with van der Waals surface area (Å²) in [5.74, 6) is -0.368. The molecule has 0 unspecified atom stereocenters. The first-order valence-electron chi connectivity index (χ1n) is 7.83. The van der Waals surface area contributed by atoms with Gasteiger partial charge < -0.3 is 9.84 Å². The predicted molar refractivity (Wildman–Crippen MR) is 92.8 cm³/mol. The van der Waals surface area contributed by atoms with Crippen LogP contribution in [0.15, 0.2) is 30.9 Å². The third kappa shape index (κ3) is 3.42. The Bertz CT molecular complexity index is 602. The standard InChI is InChI=1S/C18H22Cl2O3/c1-3-8-18(22)10-5-9-17(18,16(21)23-4-2)12-13-6-7-14(19)11-15(13)20/h3,6-7,11,22H,1,4-5,8-10,12H2,2H3/t17-,18-/m1/s1. The number of carbonyl (C=O) groups is 1. The van der Waals surface area contributed by atoms with E-state index in [2.05, 4.69) is 6.58 Å². The molecule has 0 saturated heterocycles. The molecule has 3 nitrogen and oxygen atoms in total. The van der Waals surface area contributed by atoms with Crippen LogP contribution in [0, 0.1) is 5.41 Å². The average molecular weight is 357 g/mol. The van der Waals surface area contributed by atoms with E-state index in [-0.39, 0.29) is 12.6 Å². The molecule has 2 atom stereocenters. The van der Waals surface area contributed by atoms with Crippen LogP contribution in [0.5, 0.6) is 0 Å². The summed E-state index contributed by atoms with van der Waals surface area (Å²) in [4.78, 5) is 12.8. The van der Waals surface area contributed by atoms with Gasteiger partial charge in [-0.1, -0.05) is 35.3 Å². The second kappa shape index (κ2) is 7.25. The van der Waals surface area contributed by atoms with E-state index in [0.717, 1.165) is 12.0 Å². The molecule has 0 spiro atoms. The largest absolute Gasteiger partial charge is 0.465 e. The number of carbonyl (C=O) groups excluding carboxylic acids is 1. The predicted octanol–water partition coefficient (Wildman–Crippen LogP) is 4.58. The molecule has 0 aliphatic heterocycles. The Morgan fingerprint density at radius 3 is 2.78 bits per heavy atom. The fourth-order valence-corrected chi connectivity index (χ4v) is 4.04. The van der Waals surface area contributed by atoms with Crippen molar-refractivity contribution in [3.63, 3.8) is 0 Å². The van der Waals surface area contributed by atoms with Gasteiger partial charge in [-0.2, -0.15) is 0 Å². The van der Waals surface area contributed by atoms with Crippen molar-refractivity contribution in [2.75, 3.05) is 6.61 Å². The van der Waals surface area contributed by atoms with Crippen LogP contribution in [-0.2, 0) is 16.0 Å². The van der Waals surface area contributed by atoms with E-state index in [1.165, 1.54) is 0 Å². The summed E-state index contributed by atoms with van der Waals surface area (Å²) in [7, 11) is 0. The maximum absolute atomic E-state index is 12.8. The van der Waals surface area contributed by atoms with E-state index in [9.17, 15) is 9.90 Å². The summed E-state index contributed by atoms with van der Waals surface area (Å²) in [5, 5.41) is 12.2. The normalized spacial score (nSPS) is 27.0. The number of hydrogen-bond acceptors (Lipinski definition) is 3. The fourth-order valence-electron chi connectivity index (χ4n) is 3.57. The minimum Gasteiger partial charge on any atom is -0.465 e. The lowest BCUT2D eigenvalue weighted by Gasteiger charge is -2.40. The average Bonchev–Trinajstić information content (AvgIpc) is 2.80. The zero-order valence-corrected chi connectivity index (χ0v) is 14.8. The minimum atomic E-state index is -1.16. The van der Waals surface area contributed by atoms with Crippen LogP contribution in [0.25, 0.3) is 0 Å². The highest BCUT2D eigenvalue weighted by atomic mass is 35.5. The second-order valence-electron chi connectivity index (χ2n) is 6.09. The number of aliphatic hydroxyl groups is 1. The van der Waals surface area contributed by atoms with Crippen LogP contribution in [0.2, 0.25) is 10.0 Å². The van der Waals surface area contributed by atoms with Crippen LogP contribution < -0.4 is 0 Å². The van der Waals surface area contributed by atoms with Crippen LogP contribution in [0.3, 0.4) is 0 Å². The van der Waals surface area contributed by atoms with Gasteiger partial charge in [0, 0.05) is 10.0 Å². The van der Waals surface area contributed by atoms with Gasteiger partial charge in [-0.05, 0) is 56.7 Å². The molecule has 126 valence electrons. The summed E-state index contributed by atoms with van der Waals surface area (Å²) in [6, 6.07) is 5.19. The molecule has 1 aromatic carbocycles. The van der Waals surface area contributed by atoms with Gasteiger partial charge >= 0.3 is 5.97 Å². The zero-order valence-electron chi connectivity index (χ0n) is 13.3. The van der Waals surface area contributed by atoms with Gasteiger partial charge in [0.05, 0.1) is 12.2 Å². The molecule has 0 radical (unpaired) electrons. The first kappa shape index (κ1) is 18.3. The van der Waals surface area contributed by atoms with Gasteiger partial charge in [0.25, 0.3) is 0 Å². The Kier molecular flexibility index (Phi) is 5.77. The van der Waals surface area contributed by atoms with Crippen molar-refractivity contribution in [2.45, 2.75) is 44.6 Å². The number of rotatable bonds is 6. The molecular formula is C18H22Cl2O3. The quantitative estimate of drug-likeness (QED) is 0.599. The maximum atomic E-state index is 12.8.